The third-order valence-corrected chi connectivity index (χ3v) is 20.9. The molecule has 5 atom stereocenters. The van der Waals surface area contributed by atoms with E-state index in [-0.39, 0.29) is 41.0 Å². The number of hydrogen-bond acceptors (Lipinski definition) is 26. The van der Waals surface area contributed by atoms with E-state index in [1.54, 1.807) is 37.2 Å². The molecule has 9 aromatic heterocycles. The highest BCUT2D eigenvalue weighted by Gasteiger charge is 2.27. The van der Waals surface area contributed by atoms with Crippen LogP contribution in [0.25, 0.3) is 22.1 Å². The fourth-order valence-corrected chi connectivity index (χ4v) is 14.3. The second kappa shape index (κ2) is 41.2. The molecule has 5 aliphatic rings. The molecule has 0 bridgehead atoms. The van der Waals surface area contributed by atoms with Crippen molar-refractivity contribution < 1.29 is 9.85 Å². The van der Waals surface area contributed by atoms with Crippen LogP contribution in [0, 0.1) is 106 Å². The van der Waals surface area contributed by atoms with Gasteiger partial charge in [0.25, 0.3) is 11.4 Å². The molecule has 0 spiro atoms. The van der Waals surface area contributed by atoms with Crippen molar-refractivity contribution in [3.05, 3.63) is 151 Å². The predicted octanol–water partition coefficient (Wildman–Crippen LogP) is 13.9. The first-order valence-electron chi connectivity index (χ1n) is 38.1. The Morgan fingerprint density at radius 1 is 0.505 bits per heavy atom. The molecule has 5 unspecified atom stereocenters. The number of nitrogens with one attached hydrogen (secondary N) is 2. The van der Waals surface area contributed by atoms with Gasteiger partial charge >= 0.3 is 0 Å². The Bertz CT molecular complexity index is 4850. The summed E-state index contributed by atoms with van der Waals surface area (Å²) in [5, 5.41) is 72.7. The van der Waals surface area contributed by atoms with Crippen molar-refractivity contribution in [2.24, 2.45) is 43.7 Å². The minimum atomic E-state index is -0.418. The van der Waals surface area contributed by atoms with Crippen molar-refractivity contribution in [3.63, 3.8) is 0 Å². The van der Waals surface area contributed by atoms with Crippen molar-refractivity contribution >= 4 is 101 Å². The summed E-state index contributed by atoms with van der Waals surface area (Å²) in [6.45, 7) is 18.9. The van der Waals surface area contributed by atoms with E-state index in [2.05, 4.69) is 161 Å². The van der Waals surface area contributed by atoms with Crippen LogP contribution in [-0.4, -0.2) is 136 Å². The summed E-state index contributed by atoms with van der Waals surface area (Å²) in [6.07, 6.45) is 29.5. The van der Waals surface area contributed by atoms with Gasteiger partial charge in [0, 0.05) is 103 Å². The van der Waals surface area contributed by atoms with Crippen molar-refractivity contribution in [1.29, 1.82) is 26.3 Å². The highest BCUT2D eigenvalue weighted by molar-refractivity contribution is 9.10. The Morgan fingerprint density at radius 3 is 1.38 bits per heavy atom. The molecule has 580 valence electrons. The molecule has 14 rings (SSSR count). The summed E-state index contributed by atoms with van der Waals surface area (Å²) < 4.78 is 4.61. The summed E-state index contributed by atoms with van der Waals surface area (Å²) in [4.78, 5) is 70.7. The van der Waals surface area contributed by atoms with Crippen molar-refractivity contribution in [1.82, 2.24) is 59.3 Å². The summed E-state index contributed by atoms with van der Waals surface area (Å²) in [5.41, 5.74) is 17.5. The van der Waals surface area contributed by atoms with Crippen LogP contribution in [0.2, 0.25) is 0 Å². The zero-order chi connectivity index (χ0) is 79.5. The summed E-state index contributed by atoms with van der Waals surface area (Å²) in [6, 6.07) is 25.5. The number of nitro groups is 2. The zero-order valence-corrected chi connectivity index (χ0v) is 66.3. The van der Waals surface area contributed by atoms with E-state index in [0.29, 0.717) is 35.1 Å². The van der Waals surface area contributed by atoms with Gasteiger partial charge in [0.05, 0.1) is 142 Å². The molecule has 0 aliphatic carbocycles. The van der Waals surface area contributed by atoms with E-state index in [9.17, 15) is 30.8 Å². The molecule has 111 heavy (non-hydrogen) atoms. The number of anilines is 9. The predicted molar refractivity (Wildman–Crippen MR) is 435 cm³/mol. The maximum Gasteiger partial charge on any atom is 0.290 e. The highest BCUT2D eigenvalue weighted by atomic mass is 79.9. The number of fused-ring (bicyclic) bond motifs is 2. The topological polar surface area (TPSA) is 397 Å². The van der Waals surface area contributed by atoms with Crippen molar-refractivity contribution in [3.8, 4) is 30.3 Å². The van der Waals surface area contributed by atoms with E-state index in [1.807, 2.05) is 73.7 Å². The Kier molecular flexibility index (Phi) is 30.9. The van der Waals surface area contributed by atoms with E-state index >= 15 is 0 Å². The molecule has 5 saturated heterocycles. The molecule has 9 aromatic rings. The average Bonchev–Trinajstić information content (AvgIpc) is 1.77. The van der Waals surface area contributed by atoms with Crippen LogP contribution >= 0.6 is 15.9 Å². The number of nitriles is 5. The van der Waals surface area contributed by atoms with Gasteiger partial charge < -0.3 is 50.0 Å². The molecule has 4 N–H and O–H groups in total. The molecular formula is C80H99BrN26O4. The van der Waals surface area contributed by atoms with Crippen LogP contribution < -0.4 is 40.9 Å². The molecule has 30 nitrogen and oxygen atoms in total. The first-order chi connectivity index (χ1) is 53.7. The molecule has 14 heterocycles. The van der Waals surface area contributed by atoms with Gasteiger partial charge in [-0.1, -0.05) is 34.6 Å². The molecule has 0 aromatic carbocycles. The minimum Gasteiger partial charge on any atom is -0.397 e. The zero-order valence-electron chi connectivity index (χ0n) is 64.7. The number of nitrogen functional groups attached to an aromatic ring is 1. The lowest BCUT2D eigenvalue weighted by Crippen LogP contribution is -2.35. The number of nitrogens with zero attached hydrogens (tertiary/aromatic N) is 23. The van der Waals surface area contributed by atoms with E-state index in [4.69, 9.17) is 26.5 Å². The van der Waals surface area contributed by atoms with Crippen LogP contribution in [0.3, 0.4) is 0 Å². The van der Waals surface area contributed by atoms with E-state index in [1.165, 1.54) is 23.5 Å². The van der Waals surface area contributed by atoms with Crippen LogP contribution in [-0.2, 0) is 46.2 Å². The molecule has 0 amide bonds. The number of hydrogen-bond donors (Lipinski definition) is 3. The molecule has 31 heteroatoms. The van der Waals surface area contributed by atoms with Crippen LogP contribution in [0.4, 0.5) is 63.3 Å². The number of imidazole rings is 2. The van der Waals surface area contributed by atoms with Gasteiger partial charge in [-0.05, 0) is 166 Å². The first-order valence-corrected chi connectivity index (χ1v) is 38.9. The van der Waals surface area contributed by atoms with Crippen molar-refractivity contribution in [2.45, 2.75) is 131 Å². The average molecular weight is 1570 g/mol. The number of piperidine rings is 5. The molecular weight excluding hydrogens is 1470 g/mol. The van der Waals surface area contributed by atoms with E-state index < -0.39 is 9.85 Å². The second-order valence-electron chi connectivity index (χ2n) is 28.0. The quantitative estimate of drug-likeness (QED) is 0.0487. The number of pyridine rings is 7. The summed E-state index contributed by atoms with van der Waals surface area (Å²) in [5.74, 6) is 5.87. The van der Waals surface area contributed by atoms with Gasteiger partial charge in [-0.2, -0.15) is 26.3 Å². The fourth-order valence-electron chi connectivity index (χ4n) is 14.0. The molecule has 5 aliphatic heterocycles. The monoisotopic (exact) mass is 1570 g/mol. The Balaban J connectivity index is 0.000000159. The lowest BCUT2D eigenvalue weighted by molar-refractivity contribution is -0.386. The number of nitrogens with two attached hydrogens (primary N) is 1. The number of rotatable bonds is 15. The van der Waals surface area contributed by atoms with E-state index in [0.717, 1.165) is 222 Å². The lowest BCUT2D eigenvalue weighted by atomic mass is 9.99. The minimum absolute atomic E-state index is 0.0239. The molecule has 0 radical (unpaired) electrons. The number of aromatic nitrogens is 11. The summed E-state index contributed by atoms with van der Waals surface area (Å²) in [7, 11) is 5.98. The largest absolute Gasteiger partial charge is 0.397 e. The highest BCUT2D eigenvalue weighted by Crippen LogP contribution is 2.34. The number of aryl methyl sites for hydroxylation is 7. The maximum absolute atomic E-state index is 10.9. The lowest BCUT2D eigenvalue weighted by Gasteiger charge is -2.31. The first kappa shape index (κ1) is 83.3. The van der Waals surface area contributed by atoms with Gasteiger partial charge in [0.1, 0.15) is 62.9 Å². The molecule has 5 fully saturated rings. The Labute approximate surface area is 657 Å². The van der Waals surface area contributed by atoms with Gasteiger partial charge in [0.15, 0.2) is 0 Å². The normalized spacial score (nSPS) is 17.9. The van der Waals surface area contributed by atoms with Crippen LogP contribution in [0.5, 0.6) is 0 Å². The SMILES string of the molecule is CCc1cc(Br)ncc1[N+](=O)[O-].CCc1cc(N2CCCC(C#N)C2)ncc1N.CCc1cc(N2CCCC(C#N)C2)ncc1N(C)c1cc2c(cn1)ncn2C.CCc1cc(N2CCCC(C#N)C2)ncc1Nc1cc2c(cn1)ncn2C.CCc1cc(N2CCCC(C#N)C2)ncc1[N+](=O)[O-].N#CC1CCCNC1. The van der Waals surface area contributed by atoms with Gasteiger partial charge in [-0.3, -0.25) is 20.2 Å². The van der Waals surface area contributed by atoms with Crippen LogP contribution in [0.15, 0.2) is 103 Å². The molecule has 0 saturated carbocycles. The Morgan fingerprint density at radius 2 is 0.919 bits per heavy atom. The third-order valence-electron chi connectivity index (χ3n) is 20.5. The van der Waals surface area contributed by atoms with Gasteiger partial charge in [-0.25, -0.2) is 44.9 Å². The fraction of sp³-hybridized carbons (Fsp3) is 0.475. The van der Waals surface area contributed by atoms with Crippen molar-refractivity contribution in [2.75, 3.05) is 108 Å². The Hall–Kier alpha value is -11.7. The van der Waals surface area contributed by atoms with Crippen LogP contribution in [0.1, 0.15) is 127 Å². The number of halogens is 1. The van der Waals surface area contributed by atoms with Gasteiger partial charge in [0.2, 0.25) is 0 Å². The maximum atomic E-state index is 10.9. The van der Waals surface area contributed by atoms with Gasteiger partial charge in [-0.15, -0.1) is 0 Å². The third kappa shape index (κ3) is 22.5. The standard InChI is InChI=1S/C21H25N7.C20H23N7.C13H16N4O2.C13H18N4.C7H7BrN2O2.C6H10N2/c1-4-16-8-21(28-7-5-6-15(10-22)13-28)24-12-19(16)27(3)20-9-18-17(11-23-20)25-14-26(18)2;1-3-15-7-20(27-6-4-5-14(9-21)12-27)23-10-16(15)25-19-8-18-17(11-22-19)24-13-26(18)2;1-2-11-6-13(15-8-12(11)17(18)19)16-5-3-4-10(7-14)9-16;1-2-11-6-13(16-8-12(11)15)17-5-3-4-10(7-14)9-17;1-2-5-3-7(8)9-4-6(5)10(11)12;7-4-6-2-1-3-8-5-6/h8-9,11-12,14-15H,4-7,13H2,1-3H3;7-8,10-11,13-14H,3-6,12H2,1-2H3,(H,22,25);6,8,10H,2-5,9H2,1H3;6,8,10H,2-5,9,15H2,1H3;3-4H,2H2,1H3;6,8H,1-3,5H2. The smallest absolute Gasteiger partial charge is 0.290 e. The summed E-state index contributed by atoms with van der Waals surface area (Å²) >= 11 is 3.15. The second-order valence-corrected chi connectivity index (χ2v) is 28.8.